The van der Waals surface area contributed by atoms with Crippen LogP contribution in [-0.2, 0) is 0 Å². The van der Waals surface area contributed by atoms with E-state index >= 15 is 0 Å². The van der Waals surface area contributed by atoms with Crippen LogP contribution in [0.2, 0.25) is 0 Å². The molecule has 1 heterocycles. The maximum atomic E-state index is 12.6. The third-order valence-electron chi connectivity index (χ3n) is 4.57. The summed E-state index contributed by atoms with van der Waals surface area (Å²) in [5, 5.41) is 14.2. The summed E-state index contributed by atoms with van der Waals surface area (Å²) in [5.41, 5.74) is 3.03. The van der Waals surface area contributed by atoms with Crippen molar-refractivity contribution in [2.24, 2.45) is 0 Å². The molecule has 1 aromatic heterocycles. The number of carboxylic acid groups (broad SMARTS) is 1. The van der Waals surface area contributed by atoms with Crippen LogP contribution in [0.1, 0.15) is 31.8 Å². The zero-order valence-corrected chi connectivity index (χ0v) is 15.7. The van der Waals surface area contributed by atoms with E-state index in [-0.39, 0.29) is 11.5 Å². The van der Waals surface area contributed by atoms with Gasteiger partial charge in [0.15, 0.2) is 0 Å². The molecular formula is C21H21N3O3. The molecule has 6 heteroatoms. The predicted molar refractivity (Wildman–Crippen MR) is 106 cm³/mol. The summed E-state index contributed by atoms with van der Waals surface area (Å²) >= 11 is 0. The number of aromatic nitrogens is 1. The number of carboxylic acids is 1. The van der Waals surface area contributed by atoms with Crippen LogP contribution in [0.15, 0.2) is 42.6 Å². The molecular weight excluding hydrogens is 342 g/mol. The quantitative estimate of drug-likeness (QED) is 0.732. The Kier molecular flexibility index (Phi) is 4.81. The van der Waals surface area contributed by atoms with Crippen LogP contribution in [0.3, 0.4) is 0 Å². The summed E-state index contributed by atoms with van der Waals surface area (Å²) in [7, 11) is 3.42. The van der Waals surface area contributed by atoms with E-state index in [1.165, 1.54) is 4.90 Å². The number of benzene rings is 2. The van der Waals surface area contributed by atoms with Crippen LogP contribution in [0.4, 0.5) is 11.5 Å². The van der Waals surface area contributed by atoms with E-state index in [0.29, 0.717) is 22.6 Å². The van der Waals surface area contributed by atoms with E-state index in [1.54, 1.807) is 39.3 Å². The lowest BCUT2D eigenvalue weighted by atomic mass is 10.0. The molecule has 3 aromatic rings. The second-order valence-electron chi connectivity index (χ2n) is 6.63. The number of carbonyl (C=O) groups excluding carboxylic acids is 1. The van der Waals surface area contributed by atoms with E-state index in [2.05, 4.69) is 10.3 Å². The van der Waals surface area contributed by atoms with Crippen molar-refractivity contribution in [1.82, 2.24) is 9.88 Å². The second kappa shape index (κ2) is 7.07. The van der Waals surface area contributed by atoms with E-state index in [0.717, 1.165) is 16.3 Å². The average molecular weight is 363 g/mol. The van der Waals surface area contributed by atoms with Gasteiger partial charge in [0.05, 0.1) is 11.1 Å². The summed E-state index contributed by atoms with van der Waals surface area (Å²) in [5.74, 6) is -0.510. The summed E-state index contributed by atoms with van der Waals surface area (Å²) in [6.07, 6.45) is 1.57. The molecule has 0 aliphatic heterocycles. The van der Waals surface area contributed by atoms with Crippen molar-refractivity contribution in [2.75, 3.05) is 19.4 Å². The van der Waals surface area contributed by atoms with Gasteiger partial charge in [0, 0.05) is 36.8 Å². The van der Waals surface area contributed by atoms with Crippen molar-refractivity contribution in [3.05, 3.63) is 64.8 Å². The van der Waals surface area contributed by atoms with E-state index in [4.69, 9.17) is 0 Å². The minimum absolute atomic E-state index is 0.114. The number of fused-ring (bicyclic) bond motifs is 1. The Morgan fingerprint density at radius 3 is 2.41 bits per heavy atom. The molecule has 0 aliphatic carbocycles. The molecule has 0 spiro atoms. The Morgan fingerprint density at radius 2 is 1.74 bits per heavy atom. The molecule has 0 fully saturated rings. The predicted octanol–water partition coefficient (Wildman–Crippen LogP) is 4.00. The fourth-order valence-corrected chi connectivity index (χ4v) is 3.12. The molecule has 0 bridgehead atoms. The van der Waals surface area contributed by atoms with Gasteiger partial charge in [0.1, 0.15) is 5.82 Å². The zero-order valence-electron chi connectivity index (χ0n) is 15.7. The number of hydrogen-bond donors (Lipinski definition) is 2. The number of nitrogens with one attached hydrogen (secondary N) is 1. The van der Waals surface area contributed by atoms with E-state index < -0.39 is 5.97 Å². The average Bonchev–Trinajstić information content (AvgIpc) is 2.63. The highest BCUT2D eigenvalue weighted by molar-refractivity contribution is 6.10. The molecule has 0 aliphatic rings. The highest BCUT2D eigenvalue weighted by Crippen LogP contribution is 2.31. The van der Waals surface area contributed by atoms with Gasteiger partial charge in [0.2, 0.25) is 0 Å². The number of pyridine rings is 1. The SMILES string of the molecule is Cc1c(Nc2ncc(C(=O)N(C)C)c3c(C)cccc23)cccc1C(=O)O. The molecule has 3 rings (SSSR count). The number of carbonyl (C=O) groups is 2. The first-order chi connectivity index (χ1) is 12.8. The summed E-state index contributed by atoms with van der Waals surface area (Å²) in [4.78, 5) is 29.9. The fourth-order valence-electron chi connectivity index (χ4n) is 3.12. The number of anilines is 2. The number of rotatable bonds is 4. The molecule has 2 aromatic carbocycles. The van der Waals surface area contributed by atoms with Gasteiger partial charge >= 0.3 is 5.97 Å². The van der Waals surface area contributed by atoms with Gasteiger partial charge in [-0.15, -0.1) is 0 Å². The smallest absolute Gasteiger partial charge is 0.336 e. The van der Waals surface area contributed by atoms with E-state index in [1.807, 2.05) is 31.2 Å². The van der Waals surface area contributed by atoms with Gasteiger partial charge in [-0.1, -0.05) is 24.3 Å². The van der Waals surface area contributed by atoms with Crippen molar-refractivity contribution in [1.29, 1.82) is 0 Å². The largest absolute Gasteiger partial charge is 0.478 e. The highest BCUT2D eigenvalue weighted by Gasteiger charge is 2.18. The molecule has 2 N–H and O–H groups in total. The van der Waals surface area contributed by atoms with Crippen molar-refractivity contribution >= 4 is 34.2 Å². The second-order valence-corrected chi connectivity index (χ2v) is 6.63. The molecule has 0 unspecified atom stereocenters. The Morgan fingerprint density at radius 1 is 1.04 bits per heavy atom. The summed E-state index contributed by atoms with van der Waals surface area (Å²) in [6.45, 7) is 3.71. The molecule has 27 heavy (non-hydrogen) atoms. The lowest BCUT2D eigenvalue weighted by Gasteiger charge is -2.17. The number of nitrogens with zero attached hydrogens (tertiary/aromatic N) is 2. The highest BCUT2D eigenvalue weighted by atomic mass is 16.4. The van der Waals surface area contributed by atoms with Gasteiger partial charge in [-0.05, 0) is 37.1 Å². The molecule has 138 valence electrons. The first-order valence-electron chi connectivity index (χ1n) is 8.51. The van der Waals surface area contributed by atoms with Crippen LogP contribution < -0.4 is 5.32 Å². The van der Waals surface area contributed by atoms with Gasteiger partial charge < -0.3 is 15.3 Å². The Balaban J connectivity index is 2.17. The minimum Gasteiger partial charge on any atom is -0.478 e. The number of hydrogen-bond acceptors (Lipinski definition) is 4. The maximum absolute atomic E-state index is 12.6. The van der Waals surface area contributed by atoms with Crippen molar-refractivity contribution in [2.45, 2.75) is 13.8 Å². The standard InChI is InChI=1S/C21H21N3O3/c1-12-7-5-9-15-18(12)16(20(25)24(3)4)11-22-19(15)23-17-10-6-8-14(13(17)2)21(26)27/h5-11H,1-4H3,(H,22,23)(H,26,27). The number of aryl methyl sites for hydroxylation is 1. The van der Waals surface area contributed by atoms with E-state index in [9.17, 15) is 14.7 Å². The molecule has 0 saturated carbocycles. The fraction of sp³-hybridized carbons (Fsp3) is 0.190. The summed E-state index contributed by atoms with van der Waals surface area (Å²) in [6, 6.07) is 10.8. The van der Waals surface area contributed by atoms with Gasteiger partial charge in [0.25, 0.3) is 5.91 Å². The number of amides is 1. The Bertz CT molecular complexity index is 1060. The first kappa shape index (κ1) is 18.4. The lowest BCUT2D eigenvalue weighted by molar-refractivity contribution is 0.0695. The van der Waals surface area contributed by atoms with Crippen LogP contribution in [-0.4, -0.2) is 41.0 Å². The zero-order chi connectivity index (χ0) is 19.7. The molecule has 1 amide bonds. The normalized spacial score (nSPS) is 10.7. The van der Waals surface area contributed by atoms with Gasteiger partial charge in [-0.2, -0.15) is 0 Å². The van der Waals surface area contributed by atoms with Crippen molar-refractivity contribution in [3.8, 4) is 0 Å². The summed E-state index contributed by atoms with van der Waals surface area (Å²) < 4.78 is 0. The van der Waals surface area contributed by atoms with Crippen LogP contribution in [0, 0.1) is 13.8 Å². The maximum Gasteiger partial charge on any atom is 0.336 e. The molecule has 6 nitrogen and oxygen atoms in total. The topological polar surface area (TPSA) is 82.5 Å². The molecule has 0 atom stereocenters. The van der Waals surface area contributed by atoms with Crippen LogP contribution in [0.25, 0.3) is 10.8 Å². The van der Waals surface area contributed by atoms with Crippen LogP contribution in [0.5, 0.6) is 0 Å². The van der Waals surface area contributed by atoms with Crippen molar-refractivity contribution in [3.63, 3.8) is 0 Å². The monoisotopic (exact) mass is 363 g/mol. The minimum atomic E-state index is -0.975. The third kappa shape index (κ3) is 3.33. The van der Waals surface area contributed by atoms with Crippen molar-refractivity contribution < 1.29 is 14.7 Å². The lowest BCUT2D eigenvalue weighted by Crippen LogP contribution is -2.22. The Labute approximate surface area is 157 Å². The molecule has 0 radical (unpaired) electrons. The van der Waals surface area contributed by atoms with Gasteiger partial charge in [-0.3, -0.25) is 4.79 Å². The third-order valence-corrected chi connectivity index (χ3v) is 4.57. The Hall–Kier alpha value is -3.41. The first-order valence-corrected chi connectivity index (χ1v) is 8.51. The van der Waals surface area contributed by atoms with Gasteiger partial charge in [-0.25, -0.2) is 9.78 Å². The number of aromatic carboxylic acids is 1. The van der Waals surface area contributed by atoms with Crippen LogP contribution >= 0.6 is 0 Å². The molecule has 0 saturated heterocycles.